The summed E-state index contributed by atoms with van der Waals surface area (Å²) < 4.78 is 68.1. The van der Waals surface area contributed by atoms with E-state index >= 15 is 0 Å². The van der Waals surface area contributed by atoms with Crippen LogP contribution < -0.4 is 11.2 Å². The number of nitrogens with two attached hydrogens (primary N) is 1. The summed E-state index contributed by atoms with van der Waals surface area (Å²) in [5, 5.41) is 22.2. The number of hydrogen-bond acceptors (Lipinski definition) is 10. The van der Waals surface area contributed by atoms with Crippen LogP contribution in [-0.4, -0.2) is 37.4 Å². The monoisotopic (exact) mass is 682 g/mol. The number of anilines is 2. The molecular formula is C34H30N6O6S2. The molecule has 0 amide bonds. The normalized spacial score (nSPS) is 17.5. The first-order chi connectivity index (χ1) is 22.7. The number of rotatable bonds is 7. The lowest BCUT2D eigenvalue weighted by Gasteiger charge is -2.27. The molecule has 4 aromatic carbocycles. The molecule has 0 fully saturated rings. The molecule has 0 bridgehead atoms. The van der Waals surface area contributed by atoms with Crippen LogP contribution in [0.4, 0.5) is 22.7 Å². The Bertz CT molecular complexity index is 2410. The van der Waals surface area contributed by atoms with E-state index in [1.807, 2.05) is 44.2 Å². The molecule has 2 aliphatic rings. The Morgan fingerprint density at radius 2 is 1.54 bits per heavy atom. The minimum Gasteiger partial charge on any atom is -0.396 e. The number of hydrogen-bond donors (Lipinski definition) is 5. The van der Waals surface area contributed by atoms with E-state index in [4.69, 9.17) is 11.1 Å². The van der Waals surface area contributed by atoms with E-state index in [-0.39, 0.29) is 38.0 Å². The molecule has 48 heavy (non-hydrogen) atoms. The van der Waals surface area contributed by atoms with Gasteiger partial charge in [0.1, 0.15) is 16.3 Å². The van der Waals surface area contributed by atoms with Crippen LogP contribution >= 0.6 is 0 Å². The highest BCUT2D eigenvalue weighted by Gasteiger charge is 2.35. The van der Waals surface area contributed by atoms with Gasteiger partial charge in [-0.25, -0.2) is 0 Å². The number of nitrogens with one attached hydrogen (secondary N) is 2. The Kier molecular flexibility index (Phi) is 8.43. The lowest BCUT2D eigenvalue weighted by molar-refractivity contribution is 0.482. The number of fused-ring (bicyclic) bond motifs is 2. The summed E-state index contributed by atoms with van der Waals surface area (Å²) in [6.07, 6.45) is 6.78. The Labute approximate surface area is 277 Å². The minimum atomic E-state index is -4.56. The highest BCUT2D eigenvalue weighted by Crippen LogP contribution is 2.38. The topological polar surface area (TPSA) is 208 Å². The van der Waals surface area contributed by atoms with E-state index in [2.05, 4.69) is 20.8 Å². The van der Waals surface area contributed by atoms with E-state index in [1.54, 1.807) is 48.6 Å². The van der Waals surface area contributed by atoms with Crippen molar-refractivity contribution in [1.29, 1.82) is 5.41 Å². The second-order valence-corrected chi connectivity index (χ2v) is 14.2. The van der Waals surface area contributed by atoms with Gasteiger partial charge in [0.2, 0.25) is 0 Å². The zero-order chi connectivity index (χ0) is 34.4. The van der Waals surface area contributed by atoms with E-state index in [0.29, 0.717) is 28.8 Å². The van der Waals surface area contributed by atoms with E-state index in [9.17, 15) is 25.9 Å². The van der Waals surface area contributed by atoms with Gasteiger partial charge in [0.25, 0.3) is 20.2 Å². The molecule has 0 aliphatic heterocycles. The lowest BCUT2D eigenvalue weighted by atomic mass is 9.82. The van der Waals surface area contributed by atoms with Gasteiger partial charge in [0.15, 0.2) is 0 Å². The number of aryl methyl sites for hydroxylation is 2. The Balaban J connectivity index is 1.29. The van der Waals surface area contributed by atoms with Gasteiger partial charge in [0, 0.05) is 16.7 Å². The van der Waals surface area contributed by atoms with E-state index < -0.39 is 26.2 Å². The van der Waals surface area contributed by atoms with Gasteiger partial charge in [-0.15, -0.1) is 5.11 Å². The number of nitrogens with zero attached hydrogens (tertiary/aromatic N) is 3. The van der Waals surface area contributed by atoms with Crippen molar-refractivity contribution in [3.63, 3.8) is 0 Å². The van der Waals surface area contributed by atoms with Gasteiger partial charge in [-0.05, 0) is 78.4 Å². The number of hydrazone groups is 1. The van der Waals surface area contributed by atoms with E-state index in [1.165, 1.54) is 12.1 Å². The number of benzene rings is 4. The fraction of sp³-hybridized carbons (Fsp3) is 0.118. The summed E-state index contributed by atoms with van der Waals surface area (Å²) in [5.41, 5.74) is 14.6. The van der Waals surface area contributed by atoms with Crippen molar-refractivity contribution in [1.82, 2.24) is 0 Å². The molecular weight excluding hydrogens is 653 g/mol. The maximum Gasteiger partial charge on any atom is 0.295 e. The van der Waals surface area contributed by atoms with Crippen molar-refractivity contribution in [3.8, 4) is 11.1 Å². The molecule has 14 heteroatoms. The van der Waals surface area contributed by atoms with Crippen LogP contribution in [0, 0.1) is 25.2 Å². The largest absolute Gasteiger partial charge is 0.396 e. The zero-order valence-electron chi connectivity index (χ0n) is 25.7. The fourth-order valence-electron chi connectivity index (χ4n) is 5.69. The average molecular weight is 683 g/mol. The highest BCUT2D eigenvalue weighted by molar-refractivity contribution is 7.89. The molecule has 1 unspecified atom stereocenters. The number of nitrogen functional groups attached to an aromatic ring is 1. The molecule has 2 aliphatic carbocycles. The van der Waals surface area contributed by atoms with Crippen molar-refractivity contribution >= 4 is 65.2 Å². The maximum absolute atomic E-state index is 12.1. The van der Waals surface area contributed by atoms with Crippen LogP contribution in [0.3, 0.4) is 0 Å². The molecule has 0 heterocycles. The van der Waals surface area contributed by atoms with Crippen LogP contribution in [0.25, 0.3) is 21.9 Å². The summed E-state index contributed by atoms with van der Waals surface area (Å²) in [6, 6.07) is 19.0. The van der Waals surface area contributed by atoms with Gasteiger partial charge in [0.05, 0.1) is 27.7 Å². The van der Waals surface area contributed by atoms with Crippen molar-refractivity contribution < 1.29 is 25.9 Å². The van der Waals surface area contributed by atoms with Crippen LogP contribution in [0.1, 0.15) is 17.5 Å². The first-order valence-corrected chi connectivity index (χ1v) is 17.5. The maximum atomic E-state index is 12.1. The van der Waals surface area contributed by atoms with Gasteiger partial charge < -0.3 is 5.73 Å². The second kappa shape index (κ2) is 12.4. The molecule has 1 atom stereocenters. The standard InChI is InChI=1S/C34H30N6O6S2/c1-19-11-12-22(16-28(19)38-40-30-18-32(48(44,45)46)24-8-4-6-10-26(24)34(30)36)21-13-14-27(20(2)15-21)37-39-29-17-31(47(41,42)43)23-7-3-5-9-25(23)33(29)35/h3-6,8-18,23,35,37H,7,36H2,1-2H3,(H,41,42,43)(H,44,45,46). The van der Waals surface area contributed by atoms with Crippen molar-refractivity contribution in [2.45, 2.75) is 25.2 Å². The predicted octanol–water partition coefficient (Wildman–Crippen LogP) is 7.44. The number of allylic oxidation sites excluding steroid dienone is 6. The van der Waals surface area contributed by atoms with Gasteiger partial charge in [-0.1, -0.05) is 60.7 Å². The Hall–Kier alpha value is -5.28. The van der Waals surface area contributed by atoms with Crippen molar-refractivity contribution in [2.24, 2.45) is 21.2 Å². The van der Waals surface area contributed by atoms with Crippen LogP contribution in [0.15, 0.2) is 122 Å². The van der Waals surface area contributed by atoms with Crippen molar-refractivity contribution in [2.75, 3.05) is 11.2 Å². The van der Waals surface area contributed by atoms with Crippen LogP contribution in [0.5, 0.6) is 0 Å². The molecule has 0 radical (unpaired) electrons. The minimum absolute atomic E-state index is 0.0690. The fourth-order valence-corrected chi connectivity index (χ4v) is 7.25. The molecule has 0 saturated heterocycles. The second-order valence-electron chi connectivity index (χ2n) is 11.4. The highest BCUT2D eigenvalue weighted by atomic mass is 32.2. The Morgan fingerprint density at radius 1 is 0.854 bits per heavy atom. The average Bonchev–Trinajstić information content (AvgIpc) is 3.04. The third-order valence-electron chi connectivity index (χ3n) is 8.26. The first kappa shape index (κ1) is 32.7. The summed E-state index contributed by atoms with van der Waals surface area (Å²) >= 11 is 0. The quantitative estimate of drug-likeness (QED) is 0.0571. The third-order valence-corrected chi connectivity index (χ3v) is 10.2. The van der Waals surface area contributed by atoms with Gasteiger partial charge in [-0.2, -0.15) is 27.1 Å². The molecule has 244 valence electrons. The molecule has 6 rings (SSSR count). The SMILES string of the molecule is Cc1ccc(-c2ccc(NN=C3C=C(S(=O)(=O)O)C4CC=CC=C4C3=N)c(C)c2)cc1N=Nc1cc(S(=O)(=O)O)c2ccccc2c1N. The van der Waals surface area contributed by atoms with Crippen LogP contribution in [-0.2, 0) is 20.2 Å². The summed E-state index contributed by atoms with van der Waals surface area (Å²) in [5.74, 6) is -0.629. The van der Waals surface area contributed by atoms with Crippen LogP contribution in [0.2, 0.25) is 0 Å². The number of azo groups is 1. The zero-order valence-corrected chi connectivity index (χ0v) is 27.3. The van der Waals surface area contributed by atoms with Gasteiger partial charge in [-0.3, -0.25) is 19.9 Å². The molecule has 12 nitrogen and oxygen atoms in total. The Morgan fingerprint density at radius 3 is 2.25 bits per heavy atom. The van der Waals surface area contributed by atoms with Gasteiger partial charge >= 0.3 is 0 Å². The smallest absolute Gasteiger partial charge is 0.295 e. The predicted molar refractivity (Wildman–Crippen MR) is 187 cm³/mol. The molecule has 6 N–H and O–H groups in total. The molecule has 0 spiro atoms. The molecule has 0 saturated carbocycles. The summed E-state index contributed by atoms with van der Waals surface area (Å²) in [7, 11) is -9.06. The van der Waals surface area contributed by atoms with Crippen molar-refractivity contribution in [3.05, 3.63) is 113 Å². The molecule has 4 aromatic rings. The molecule has 0 aromatic heterocycles. The third kappa shape index (κ3) is 6.33. The summed E-state index contributed by atoms with van der Waals surface area (Å²) in [4.78, 5) is -0.514. The van der Waals surface area contributed by atoms with E-state index in [0.717, 1.165) is 22.3 Å². The lowest BCUT2D eigenvalue weighted by Crippen LogP contribution is -2.31. The first-order valence-electron chi connectivity index (χ1n) is 14.6. The summed E-state index contributed by atoms with van der Waals surface area (Å²) in [6.45, 7) is 3.72.